The summed E-state index contributed by atoms with van der Waals surface area (Å²) in [5, 5.41) is 9.59. The molecule has 1 aromatic carbocycles. The Kier molecular flexibility index (Phi) is 3.48. The van der Waals surface area contributed by atoms with Gasteiger partial charge in [-0.05, 0) is 61.7 Å². The topological polar surface area (TPSA) is 40.5 Å². The Morgan fingerprint density at radius 3 is 2.55 bits per heavy atom. The van der Waals surface area contributed by atoms with Gasteiger partial charge in [-0.15, -0.1) is 0 Å². The normalized spacial score (nSPS) is 28.1. The molecule has 1 saturated carbocycles. The van der Waals surface area contributed by atoms with Crippen LogP contribution in [0.3, 0.4) is 0 Å². The van der Waals surface area contributed by atoms with Crippen LogP contribution in [0.2, 0.25) is 0 Å². The standard InChI is InChI=1S/C19H25NO2.H2/c21-18(22)16-13-19(17-8-4-3-7-15(16)17)9-11-20(12-10-19)14-5-1-2-6-14;/h3-4,7-8,14,16H,1-2,5-6,9-13H2,(H,21,22);1H. The Morgan fingerprint density at radius 1 is 1.18 bits per heavy atom. The van der Waals surface area contributed by atoms with Crippen LogP contribution >= 0.6 is 0 Å². The maximum atomic E-state index is 11.7. The van der Waals surface area contributed by atoms with E-state index in [0.717, 1.165) is 44.0 Å². The third kappa shape index (κ3) is 2.18. The van der Waals surface area contributed by atoms with Crippen LogP contribution < -0.4 is 0 Å². The third-order valence-electron chi connectivity index (χ3n) is 6.40. The molecule has 1 unspecified atom stereocenters. The van der Waals surface area contributed by atoms with Gasteiger partial charge in [-0.25, -0.2) is 0 Å². The fourth-order valence-corrected chi connectivity index (χ4v) is 5.17. The van der Waals surface area contributed by atoms with E-state index in [-0.39, 0.29) is 12.8 Å². The number of rotatable bonds is 2. The molecule has 1 atom stereocenters. The SMILES string of the molecule is O=C(O)C1CC2(CCN(C3CCCC3)CC2)c2ccccc21.[HH]. The van der Waals surface area contributed by atoms with Crippen LogP contribution in [0.5, 0.6) is 0 Å². The molecule has 0 radical (unpaired) electrons. The molecule has 2 aliphatic carbocycles. The lowest BCUT2D eigenvalue weighted by molar-refractivity contribution is -0.139. The van der Waals surface area contributed by atoms with Gasteiger partial charge >= 0.3 is 5.97 Å². The summed E-state index contributed by atoms with van der Waals surface area (Å²) in [6.45, 7) is 2.29. The quantitative estimate of drug-likeness (QED) is 0.903. The van der Waals surface area contributed by atoms with Crippen molar-refractivity contribution < 1.29 is 11.3 Å². The summed E-state index contributed by atoms with van der Waals surface area (Å²) in [4.78, 5) is 14.3. The van der Waals surface area contributed by atoms with Crippen molar-refractivity contribution in [3.05, 3.63) is 35.4 Å². The molecule has 1 heterocycles. The number of benzene rings is 1. The van der Waals surface area contributed by atoms with Crippen molar-refractivity contribution in [1.82, 2.24) is 4.90 Å². The van der Waals surface area contributed by atoms with Gasteiger partial charge in [0.2, 0.25) is 0 Å². The van der Waals surface area contributed by atoms with Crippen molar-refractivity contribution in [1.29, 1.82) is 0 Å². The lowest BCUT2D eigenvalue weighted by Gasteiger charge is -2.42. The first-order chi connectivity index (χ1) is 10.7. The summed E-state index contributed by atoms with van der Waals surface area (Å²) in [5.41, 5.74) is 2.52. The highest BCUT2D eigenvalue weighted by molar-refractivity contribution is 5.78. The van der Waals surface area contributed by atoms with Crippen molar-refractivity contribution in [3.8, 4) is 0 Å². The van der Waals surface area contributed by atoms with E-state index >= 15 is 0 Å². The molecule has 1 spiro atoms. The maximum Gasteiger partial charge on any atom is 0.311 e. The molecule has 3 heteroatoms. The van der Waals surface area contributed by atoms with Crippen LogP contribution in [-0.4, -0.2) is 35.1 Å². The monoisotopic (exact) mass is 301 g/mol. The van der Waals surface area contributed by atoms with Gasteiger partial charge in [0.15, 0.2) is 0 Å². The summed E-state index contributed by atoms with van der Waals surface area (Å²) < 4.78 is 0. The van der Waals surface area contributed by atoms with Crippen molar-refractivity contribution >= 4 is 5.97 Å². The number of nitrogens with zero attached hydrogens (tertiary/aromatic N) is 1. The molecule has 3 nitrogen and oxygen atoms in total. The molecular weight excluding hydrogens is 274 g/mol. The zero-order valence-electron chi connectivity index (χ0n) is 13.1. The van der Waals surface area contributed by atoms with Gasteiger partial charge in [0.25, 0.3) is 0 Å². The van der Waals surface area contributed by atoms with Gasteiger partial charge in [0.1, 0.15) is 0 Å². The average Bonchev–Trinajstić information content (AvgIpc) is 3.16. The lowest BCUT2D eigenvalue weighted by atomic mass is 9.73. The molecule has 1 N–H and O–H groups in total. The van der Waals surface area contributed by atoms with Gasteiger partial charge < -0.3 is 10.0 Å². The molecular formula is C19H27NO2. The van der Waals surface area contributed by atoms with E-state index < -0.39 is 5.97 Å². The van der Waals surface area contributed by atoms with E-state index in [1.165, 1.54) is 31.2 Å². The van der Waals surface area contributed by atoms with E-state index in [1.807, 2.05) is 12.1 Å². The van der Waals surface area contributed by atoms with Crippen molar-refractivity contribution in [2.45, 2.75) is 62.3 Å². The van der Waals surface area contributed by atoms with Crippen LogP contribution in [0.4, 0.5) is 0 Å². The molecule has 4 rings (SSSR count). The summed E-state index contributed by atoms with van der Waals surface area (Å²) in [5.74, 6) is -0.947. The fourth-order valence-electron chi connectivity index (χ4n) is 5.17. The number of hydrogen-bond acceptors (Lipinski definition) is 2. The van der Waals surface area contributed by atoms with Gasteiger partial charge in [-0.1, -0.05) is 37.1 Å². The number of carboxylic acid groups (broad SMARTS) is 1. The van der Waals surface area contributed by atoms with Crippen LogP contribution in [0.15, 0.2) is 24.3 Å². The second-order valence-electron chi connectivity index (χ2n) is 7.44. The zero-order chi connectivity index (χ0) is 15.2. The van der Waals surface area contributed by atoms with Gasteiger partial charge in [-0.2, -0.15) is 0 Å². The highest BCUT2D eigenvalue weighted by atomic mass is 16.4. The van der Waals surface area contributed by atoms with E-state index in [2.05, 4.69) is 17.0 Å². The van der Waals surface area contributed by atoms with E-state index in [9.17, 15) is 9.90 Å². The Morgan fingerprint density at radius 2 is 1.86 bits per heavy atom. The smallest absolute Gasteiger partial charge is 0.311 e. The predicted octanol–water partition coefficient (Wildman–Crippen LogP) is 3.78. The molecule has 1 saturated heterocycles. The number of hydrogen-bond donors (Lipinski definition) is 1. The minimum atomic E-state index is -0.650. The summed E-state index contributed by atoms with van der Waals surface area (Å²) in [7, 11) is 0. The molecule has 1 aromatic rings. The minimum absolute atomic E-state index is 0. The largest absolute Gasteiger partial charge is 0.481 e. The highest BCUT2D eigenvalue weighted by Gasteiger charge is 2.48. The number of fused-ring (bicyclic) bond motifs is 2. The first-order valence-corrected chi connectivity index (χ1v) is 8.76. The van der Waals surface area contributed by atoms with Crippen molar-refractivity contribution in [3.63, 3.8) is 0 Å². The van der Waals surface area contributed by atoms with Crippen LogP contribution in [-0.2, 0) is 10.2 Å². The van der Waals surface area contributed by atoms with Gasteiger partial charge in [-0.3, -0.25) is 4.79 Å². The molecule has 0 amide bonds. The lowest BCUT2D eigenvalue weighted by Crippen LogP contribution is -2.45. The first kappa shape index (κ1) is 14.3. The zero-order valence-corrected chi connectivity index (χ0v) is 13.1. The van der Waals surface area contributed by atoms with Crippen molar-refractivity contribution in [2.24, 2.45) is 0 Å². The number of piperidine rings is 1. The van der Waals surface area contributed by atoms with E-state index in [1.54, 1.807) is 0 Å². The molecule has 2 fully saturated rings. The Bertz CT molecular complexity index is 574. The molecule has 120 valence electrons. The fraction of sp³-hybridized carbons (Fsp3) is 0.632. The Hall–Kier alpha value is -1.35. The predicted molar refractivity (Wildman–Crippen MR) is 88.3 cm³/mol. The summed E-state index contributed by atoms with van der Waals surface area (Å²) in [6, 6.07) is 9.08. The molecule has 22 heavy (non-hydrogen) atoms. The summed E-state index contributed by atoms with van der Waals surface area (Å²) in [6.07, 6.45) is 8.56. The molecule has 3 aliphatic rings. The number of aliphatic carboxylic acids is 1. The van der Waals surface area contributed by atoms with E-state index in [0.29, 0.717) is 0 Å². The first-order valence-electron chi connectivity index (χ1n) is 8.76. The number of likely N-dealkylation sites (tertiary alicyclic amines) is 1. The Balaban J connectivity index is 0.00000156. The van der Waals surface area contributed by atoms with Gasteiger partial charge in [0, 0.05) is 7.47 Å². The maximum absolute atomic E-state index is 11.7. The Labute approximate surface area is 133 Å². The molecule has 0 bridgehead atoms. The van der Waals surface area contributed by atoms with Gasteiger partial charge in [0.05, 0.1) is 5.92 Å². The second-order valence-corrected chi connectivity index (χ2v) is 7.44. The highest BCUT2D eigenvalue weighted by Crippen LogP contribution is 2.52. The number of carbonyl (C=O) groups is 1. The van der Waals surface area contributed by atoms with Crippen molar-refractivity contribution in [2.75, 3.05) is 13.1 Å². The van der Waals surface area contributed by atoms with E-state index in [4.69, 9.17) is 0 Å². The van der Waals surface area contributed by atoms with Crippen LogP contribution in [0.1, 0.15) is 63.4 Å². The summed E-state index contributed by atoms with van der Waals surface area (Å²) >= 11 is 0. The molecule has 0 aromatic heterocycles. The average molecular weight is 301 g/mol. The number of carboxylic acids is 1. The van der Waals surface area contributed by atoms with Crippen LogP contribution in [0.25, 0.3) is 0 Å². The second kappa shape index (κ2) is 5.38. The third-order valence-corrected chi connectivity index (χ3v) is 6.40. The van der Waals surface area contributed by atoms with Crippen LogP contribution in [0, 0.1) is 0 Å². The molecule has 1 aliphatic heterocycles. The minimum Gasteiger partial charge on any atom is -0.481 e.